The van der Waals surface area contributed by atoms with Gasteiger partial charge >= 0.3 is 0 Å². The van der Waals surface area contributed by atoms with Gasteiger partial charge in [0.15, 0.2) is 5.82 Å². The van der Waals surface area contributed by atoms with Crippen LogP contribution in [0.3, 0.4) is 0 Å². The van der Waals surface area contributed by atoms with E-state index in [0.717, 1.165) is 50.3 Å². The Morgan fingerprint density at radius 3 is 1.24 bits per heavy atom. The molecule has 59 heavy (non-hydrogen) atoms. The Morgan fingerprint density at radius 2 is 0.780 bits per heavy atom. The van der Waals surface area contributed by atoms with Crippen LogP contribution in [-0.4, -0.2) is 19.1 Å². The fourth-order valence-electron chi connectivity index (χ4n) is 10.4. The maximum atomic E-state index is 5.57. The number of benzene rings is 9. The van der Waals surface area contributed by atoms with Crippen molar-refractivity contribution in [2.45, 2.75) is 19.3 Å². The normalized spacial score (nSPS) is 13.4. The number of para-hydroxylation sites is 4. The molecule has 0 saturated heterocycles. The van der Waals surface area contributed by atoms with Gasteiger partial charge < -0.3 is 9.13 Å². The van der Waals surface area contributed by atoms with Crippen molar-refractivity contribution in [2.75, 3.05) is 0 Å². The Hall–Kier alpha value is -7.56. The van der Waals surface area contributed by atoms with Crippen LogP contribution in [0.15, 0.2) is 182 Å². The van der Waals surface area contributed by atoms with Crippen molar-refractivity contribution in [1.82, 2.24) is 19.1 Å². The summed E-state index contributed by atoms with van der Waals surface area (Å²) in [6.07, 6.45) is 2.09. The summed E-state index contributed by atoms with van der Waals surface area (Å²) in [6.45, 7) is 4.64. The zero-order chi connectivity index (χ0) is 39.0. The summed E-state index contributed by atoms with van der Waals surface area (Å²) in [7, 11) is 0. The lowest BCUT2D eigenvalue weighted by Gasteiger charge is -2.21. The van der Waals surface area contributed by atoms with Crippen LogP contribution in [0.2, 0.25) is 0 Å². The zero-order valence-corrected chi connectivity index (χ0v) is 32.6. The zero-order valence-electron chi connectivity index (χ0n) is 32.6. The first kappa shape index (κ1) is 32.5. The molecule has 0 amide bonds. The summed E-state index contributed by atoms with van der Waals surface area (Å²) >= 11 is 0. The Kier molecular flexibility index (Phi) is 6.48. The van der Waals surface area contributed by atoms with Crippen molar-refractivity contribution >= 4 is 75.9 Å². The smallest absolute Gasteiger partial charge is 0.159 e. The highest BCUT2D eigenvalue weighted by atomic mass is 15.0. The van der Waals surface area contributed by atoms with E-state index < -0.39 is 0 Å². The third kappa shape index (κ3) is 4.43. The number of hydrogen-bond donors (Lipinski definition) is 0. The van der Waals surface area contributed by atoms with E-state index in [0.29, 0.717) is 5.82 Å². The highest BCUT2D eigenvalue weighted by Gasteiger charge is 2.38. The molecule has 0 radical (unpaired) electrons. The topological polar surface area (TPSA) is 35.6 Å². The van der Waals surface area contributed by atoms with Crippen molar-refractivity contribution in [3.8, 4) is 34.0 Å². The number of fused-ring (bicyclic) bond motifs is 15. The largest absolute Gasteiger partial charge is 0.309 e. The fraction of sp³-hybridized carbons (Fsp3) is 0.0545. The van der Waals surface area contributed by atoms with Crippen LogP contribution >= 0.6 is 0 Å². The lowest BCUT2D eigenvalue weighted by atomic mass is 9.81. The third-order valence-electron chi connectivity index (χ3n) is 13.1. The van der Waals surface area contributed by atoms with Gasteiger partial charge in [-0.2, -0.15) is 0 Å². The molecule has 4 heteroatoms. The summed E-state index contributed by atoms with van der Waals surface area (Å²) in [5.41, 5.74) is 12.1. The second-order valence-electron chi connectivity index (χ2n) is 16.6. The number of rotatable bonds is 3. The minimum atomic E-state index is -0.275. The van der Waals surface area contributed by atoms with E-state index in [1.807, 2.05) is 0 Å². The minimum absolute atomic E-state index is 0.275. The summed E-state index contributed by atoms with van der Waals surface area (Å²) in [5, 5.41) is 12.6. The average Bonchev–Trinajstić information content (AvgIpc) is 3.89. The van der Waals surface area contributed by atoms with Crippen molar-refractivity contribution in [3.05, 3.63) is 193 Å². The van der Waals surface area contributed by atoms with Gasteiger partial charge in [0.05, 0.1) is 27.8 Å². The van der Waals surface area contributed by atoms with E-state index in [9.17, 15) is 0 Å². The summed E-state index contributed by atoms with van der Waals surface area (Å²) in [4.78, 5) is 10.8. The van der Waals surface area contributed by atoms with E-state index >= 15 is 0 Å². The summed E-state index contributed by atoms with van der Waals surface area (Å²) in [6, 6.07) is 64.2. The van der Waals surface area contributed by atoms with E-state index in [4.69, 9.17) is 9.97 Å². The molecule has 4 nitrogen and oxygen atoms in total. The highest BCUT2D eigenvalue weighted by Crippen LogP contribution is 2.51. The molecule has 0 fully saturated rings. The first-order chi connectivity index (χ1) is 29.0. The van der Waals surface area contributed by atoms with Crippen molar-refractivity contribution in [2.24, 2.45) is 0 Å². The predicted molar refractivity (Wildman–Crippen MR) is 246 cm³/mol. The number of nitrogens with zero attached hydrogens (tertiary/aromatic N) is 4. The van der Waals surface area contributed by atoms with Crippen LogP contribution < -0.4 is 0 Å². The average molecular weight is 753 g/mol. The maximum absolute atomic E-state index is 5.57. The summed E-state index contributed by atoms with van der Waals surface area (Å²) < 4.78 is 4.80. The van der Waals surface area contributed by atoms with Crippen LogP contribution in [0, 0.1) is 0 Å². The Bertz CT molecular complexity index is 3530. The Labute approximate surface area is 340 Å². The molecule has 1 aliphatic rings. The van der Waals surface area contributed by atoms with E-state index in [2.05, 4.69) is 205 Å². The molecule has 1 aliphatic carbocycles. The van der Waals surface area contributed by atoms with Crippen molar-refractivity contribution in [1.29, 1.82) is 0 Å². The van der Waals surface area contributed by atoms with E-state index in [1.54, 1.807) is 0 Å². The highest BCUT2D eigenvalue weighted by molar-refractivity contribution is 6.26. The molecule has 0 N–H and O–H groups in total. The van der Waals surface area contributed by atoms with Gasteiger partial charge in [-0.25, -0.2) is 9.97 Å². The van der Waals surface area contributed by atoms with E-state index in [-0.39, 0.29) is 5.41 Å². The Morgan fingerprint density at radius 1 is 0.390 bits per heavy atom. The second-order valence-corrected chi connectivity index (χ2v) is 16.6. The van der Waals surface area contributed by atoms with E-state index in [1.165, 1.54) is 65.0 Å². The molecule has 0 spiro atoms. The number of hydrogen-bond acceptors (Lipinski definition) is 2. The van der Waals surface area contributed by atoms with Crippen molar-refractivity contribution < 1.29 is 0 Å². The van der Waals surface area contributed by atoms with Crippen LogP contribution in [0.4, 0.5) is 0 Å². The number of aromatic nitrogens is 4. The minimum Gasteiger partial charge on any atom is -0.309 e. The van der Waals surface area contributed by atoms with Gasteiger partial charge in [0.1, 0.15) is 0 Å². The van der Waals surface area contributed by atoms with Gasteiger partial charge in [-0.05, 0) is 92.5 Å². The van der Waals surface area contributed by atoms with Gasteiger partial charge in [0.25, 0.3) is 0 Å². The molecule has 13 rings (SSSR count). The van der Waals surface area contributed by atoms with Crippen LogP contribution in [-0.2, 0) is 5.41 Å². The molecule has 12 aromatic rings. The fourth-order valence-corrected chi connectivity index (χ4v) is 10.4. The molecule has 0 atom stereocenters. The van der Waals surface area contributed by atoms with Gasteiger partial charge in [-0.15, -0.1) is 0 Å². The van der Waals surface area contributed by atoms with Gasteiger partial charge in [0, 0.05) is 61.2 Å². The van der Waals surface area contributed by atoms with Gasteiger partial charge in [0.2, 0.25) is 0 Å². The standard InChI is InChI=1S/C55H36N4/c1-55(2)47-31-45-39-18-6-4-16-37(39)36-15-3-5-17-38(36)44(45)30-46(47)53-48(55)32-56-54(57-53)33-27-34(58-49-23-11-7-19-40(49)41-20-8-12-24-50(41)58)29-35(28-33)59-51-25-13-9-21-42(51)43-22-10-14-26-52(43)59/h3-32H,1-2H3. The molecule has 0 aliphatic heterocycles. The third-order valence-corrected chi connectivity index (χ3v) is 13.1. The molecular weight excluding hydrogens is 717 g/mol. The lowest BCUT2D eigenvalue weighted by Crippen LogP contribution is -2.15. The molecule has 0 unspecified atom stereocenters. The quantitative estimate of drug-likeness (QED) is 0.169. The lowest BCUT2D eigenvalue weighted by molar-refractivity contribution is 0.656. The summed E-state index contributed by atoms with van der Waals surface area (Å²) in [5.74, 6) is 0.709. The molecule has 0 bridgehead atoms. The maximum Gasteiger partial charge on any atom is 0.159 e. The molecule has 3 heterocycles. The second kappa shape index (κ2) is 11.7. The molecule has 0 saturated carbocycles. The van der Waals surface area contributed by atoms with Crippen LogP contribution in [0.1, 0.15) is 25.0 Å². The van der Waals surface area contributed by atoms with Crippen LogP contribution in [0.5, 0.6) is 0 Å². The van der Waals surface area contributed by atoms with Gasteiger partial charge in [-0.3, -0.25) is 0 Å². The predicted octanol–water partition coefficient (Wildman–Crippen LogP) is 14.1. The van der Waals surface area contributed by atoms with Gasteiger partial charge in [-0.1, -0.05) is 135 Å². The molecule has 9 aromatic carbocycles. The monoisotopic (exact) mass is 752 g/mol. The Balaban J connectivity index is 1.09. The molecule has 276 valence electrons. The first-order valence-electron chi connectivity index (χ1n) is 20.4. The SMILES string of the molecule is CC1(C)c2cc3c4ccccc4c4ccccc4c3cc2-c2nc(-c3cc(-n4c5ccccc5c5ccccc54)cc(-n4c5ccccc5c5ccccc54)c3)ncc21. The first-order valence-corrected chi connectivity index (χ1v) is 20.4. The van der Waals surface area contributed by atoms with Crippen molar-refractivity contribution in [3.63, 3.8) is 0 Å². The molecular formula is C55H36N4. The molecule has 3 aromatic heterocycles. The van der Waals surface area contributed by atoms with Crippen LogP contribution in [0.25, 0.3) is 110 Å².